The highest BCUT2D eigenvalue weighted by molar-refractivity contribution is 9.09. The Hall–Kier alpha value is -0.670. The number of rotatable bonds is 3. The van der Waals surface area contributed by atoms with E-state index in [1.54, 1.807) is 11.3 Å². The van der Waals surface area contributed by atoms with E-state index in [0.717, 1.165) is 12.1 Å². The zero-order valence-corrected chi connectivity index (χ0v) is 13.5. The zero-order chi connectivity index (χ0) is 13.3. The molecule has 0 radical (unpaired) electrons. The Morgan fingerprint density at radius 3 is 2.84 bits per heavy atom. The van der Waals surface area contributed by atoms with E-state index in [2.05, 4.69) is 52.5 Å². The van der Waals surface area contributed by atoms with Crippen molar-refractivity contribution in [1.29, 1.82) is 0 Å². The van der Waals surface area contributed by atoms with Crippen molar-refractivity contribution >= 4 is 27.3 Å². The van der Waals surface area contributed by atoms with Gasteiger partial charge in [0, 0.05) is 22.2 Å². The second kappa shape index (κ2) is 5.37. The first kappa shape index (κ1) is 13.3. The maximum Gasteiger partial charge on any atom is 0.0938 e. The van der Waals surface area contributed by atoms with E-state index in [-0.39, 0.29) is 0 Å². The molecular weight excluding hydrogens is 318 g/mol. The minimum Gasteiger partial charge on any atom is -0.241 e. The summed E-state index contributed by atoms with van der Waals surface area (Å²) in [5, 5.41) is 3.47. The van der Waals surface area contributed by atoms with E-state index >= 15 is 0 Å². The number of thiazole rings is 1. The van der Waals surface area contributed by atoms with E-state index in [1.165, 1.54) is 29.8 Å². The first-order valence-electron chi connectivity index (χ1n) is 6.79. The van der Waals surface area contributed by atoms with Crippen LogP contribution >= 0.6 is 27.3 Å². The standard InChI is InChI=1S/C16H18BrNS/c1-16(8-7-13(17)9-16)10-15-18-14(11-19-15)12-5-3-2-4-6-12/h2-6,11,13H,7-10H2,1H3. The highest BCUT2D eigenvalue weighted by Gasteiger charge is 2.34. The topological polar surface area (TPSA) is 12.9 Å². The molecule has 0 amide bonds. The average Bonchev–Trinajstić information content (AvgIpc) is 2.98. The lowest BCUT2D eigenvalue weighted by Crippen LogP contribution is -2.15. The van der Waals surface area contributed by atoms with Gasteiger partial charge in [0.2, 0.25) is 0 Å². The average molecular weight is 336 g/mol. The van der Waals surface area contributed by atoms with Gasteiger partial charge < -0.3 is 0 Å². The fraction of sp³-hybridized carbons (Fsp3) is 0.438. The third-order valence-electron chi connectivity index (χ3n) is 3.97. The molecule has 1 fully saturated rings. The van der Waals surface area contributed by atoms with Crippen LogP contribution in [0.1, 0.15) is 31.2 Å². The van der Waals surface area contributed by atoms with Gasteiger partial charge in [-0.2, -0.15) is 0 Å². The van der Waals surface area contributed by atoms with Crippen LogP contribution in [0.25, 0.3) is 11.3 Å². The SMILES string of the molecule is CC1(Cc2nc(-c3ccccc3)cs2)CCC(Br)C1. The summed E-state index contributed by atoms with van der Waals surface area (Å²) in [5.41, 5.74) is 2.78. The summed E-state index contributed by atoms with van der Waals surface area (Å²) in [5.74, 6) is 0. The zero-order valence-electron chi connectivity index (χ0n) is 11.1. The number of nitrogens with zero attached hydrogens (tertiary/aromatic N) is 1. The molecule has 19 heavy (non-hydrogen) atoms. The lowest BCUT2D eigenvalue weighted by Gasteiger charge is -2.21. The minimum absolute atomic E-state index is 0.431. The summed E-state index contributed by atoms with van der Waals surface area (Å²) in [4.78, 5) is 5.52. The fourth-order valence-corrected chi connectivity index (χ4v) is 4.93. The van der Waals surface area contributed by atoms with Gasteiger partial charge in [-0.15, -0.1) is 11.3 Å². The van der Waals surface area contributed by atoms with Gasteiger partial charge in [-0.3, -0.25) is 0 Å². The van der Waals surface area contributed by atoms with Gasteiger partial charge in [0.15, 0.2) is 0 Å². The van der Waals surface area contributed by atoms with Gasteiger partial charge in [0.25, 0.3) is 0 Å². The van der Waals surface area contributed by atoms with Crippen LogP contribution in [0.5, 0.6) is 0 Å². The molecule has 2 atom stereocenters. The summed E-state index contributed by atoms with van der Waals surface area (Å²) in [7, 11) is 0. The van der Waals surface area contributed by atoms with Crippen molar-refractivity contribution in [3.05, 3.63) is 40.7 Å². The molecule has 1 heterocycles. The van der Waals surface area contributed by atoms with Crippen LogP contribution in [0.2, 0.25) is 0 Å². The maximum atomic E-state index is 4.82. The minimum atomic E-state index is 0.431. The second-order valence-corrected chi connectivity index (χ2v) is 8.06. The number of benzene rings is 1. The van der Waals surface area contributed by atoms with Crippen molar-refractivity contribution in [3.8, 4) is 11.3 Å². The van der Waals surface area contributed by atoms with Crippen molar-refractivity contribution in [1.82, 2.24) is 4.98 Å². The number of hydrogen-bond donors (Lipinski definition) is 0. The van der Waals surface area contributed by atoms with E-state index < -0.39 is 0 Å². The summed E-state index contributed by atoms with van der Waals surface area (Å²) in [6, 6.07) is 10.5. The van der Waals surface area contributed by atoms with E-state index in [9.17, 15) is 0 Å². The molecular formula is C16H18BrNS. The molecule has 0 saturated heterocycles. The quantitative estimate of drug-likeness (QED) is 0.693. The van der Waals surface area contributed by atoms with Gasteiger partial charge in [-0.05, 0) is 24.7 Å². The Balaban J connectivity index is 1.75. The Bertz CT molecular complexity index is 551. The molecule has 1 aliphatic carbocycles. The first-order chi connectivity index (χ1) is 9.15. The first-order valence-corrected chi connectivity index (χ1v) is 8.58. The predicted molar refractivity (Wildman–Crippen MR) is 85.9 cm³/mol. The second-order valence-electron chi connectivity index (χ2n) is 5.82. The maximum absolute atomic E-state index is 4.82. The van der Waals surface area contributed by atoms with E-state index in [1.807, 2.05) is 6.07 Å². The van der Waals surface area contributed by atoms with Crippen molar-refractivity contribution in [2.75, 3.05) is 0 Å². The van der Waals surface area contributed by atoms with Gasteiger partial charge in [-0.1, -0.05) is 53.2 Å². The highest BCUT2D eigenvalue weighted by Crippen LogP contribution is 2.44. The molecule has 2 unspecified atom stereocenters. The van der Waals surface area contributed by atoms with Crippen LogP contribution < -0.4 is 0 Å². The molecule has 3 rings (SSSR count). The van der Waals surface area contributed by atoms with Crippen molar-refractivity contribution < 1.29 is 0 Å². The Labute approximate surface area is 127 Å². The molecule has 1 aromatic carbocycles. The largest absolute Gasteiger partial charge is 0.241 e. The van der Waals surface area contributed by atoms with Crippen LogP contribution in [-0.4, -0.2) is 9.81 Å². The van der Waals surface area contributed by atoms with Crippen molar-refractivity contribution in [2.45, 2.75) is 37.4 Å². The lowest BCUT2D eigenvalue weighted by molar-refractivity contribution is 0.335. The Morgan fingerprint density at radius 1 is 1.37 bits per heavy atom. The smallest absolute Gasteiger partial charge is 0.0938 e. The van der Waals surface area contributed by atoms with Crippen LogP contribution in [0.4, 0.5) is 0 Å². The molecule has 1 saturated carbocycles. The predicted octanol–water partition coefficient (Wildman–Crippen LogP) is 5.31. The van der Waals surface area contributed by atoms with E-state index in [0.29, 0.717) is 10.2 Å². The molecule has 0 spiro atoms. The number of aromatic nitrogens is 1. The van der Waals surface area contributed by atoms with Crippen molar-refractivity contribution in [3.63, 3.8) is 0 Å². The summed E-state index contributed by atoms with van der Waals surface area (Å²) < 4.78 is 0. The summed E-state index contributed by atoms with van der Waals surface area (Å²) >= 11 is 5.56. The van der Waals surface area contributed by atoms with Crippen LogP contribution in [0.3, 0.4) is 0 Å². The molecule has 0 aliphatic heterocycles. The fourth-order valence-electron chi connectivity index (χ4n) is 2.90. The lowest BCUT2D eigenvalue weighted by atomic mass is 9.85. The molecule has 1 aromatic heterocycles. The monoisotopic (exact) mass is 335 g/mol. The Morgan fingerprint density at radius 2 is 2.16 bits per heavy atom. The van der Waals surface area contributed by atoms with Gasteiger partial charge >= 0.3 is 0 Å². The van der Waals surface area contributed by atoms with Crippen LogP contribution in [0.15, 0.2) is 35.7 Å². The summed E-state index contributed by atoms with van der Waals surface area (Å²) in [6.07, 6.45) is 5.00. The third kappa shape index (κ3) is 3.09. The van der Waals surface area contributed by atoms with Gasteiger partial charge in [0.05, 0.1) is 10.7 Å². The number of hydrogen-bond acceptors (Lipinski definition) is 2. The Kier molecular flexibility index (Phi) is 3.77. The highest BCUT2D eigenvalue weighted by atomic mass is 79.9. The molecule has 0 bridgehead atoms. The molecule has 2 aromatic rings. The normalized spacial score (nSPS) is 26.7. The van der Waals surface area contributed by atoms with E-state index in [4.69, 9.17) is 4.98 Å². The molecule has 3 heteroatoms. The molecule has 100 valence electrons. The molecule has 0 N–H and O–H groups in total. The number of alkyl halides is 1. The molecule has 1 aliphatic rings. The van der Waals surface area contributed by atoms with Crippen molar-refractivity contribution in [2.24, 2.45) is 5.41 Å². The number of halogens is 1. The van der Waals surface area contributed by atoms with Gasteiger partial charge in [-0.25, -0.2) is 4.98 Å². The van der Waals surface area contributed by atoms with Crippen LogP contribution in [-0.2, 0) is 6.42 Å². The third-order valence-corrected chi connectivity index (χ3v) is 5.61. The van der Waals surface area contributed by atoms with Gasteiger partial charge in [0.1, 0.15) is 0 Å². The summed E-state index contributed by atoms with van der Waals surface area (Å²) in [6.45, 7) is 2.40. The van der Waals surface area contributed by atoms with Crippen LogP contribution in [0, 0.1) is 5.41 Å². The molecule has 1 nitrogen and oxygen atoms in total.